The van der Waals surface area contributed by atoms with Crippen LogP contribution in [0.1, 0.15) is 22.3 Å². The van der Waals surface area contributed by atoms with E-state index >= 15 is 0 Å². The van der Waals surface area contributed by atoms with Gasteiger partial charge in [0.2, 0.25) is 0 Å². The molecule has 2 nitrogen and oxygen atoms in total. The lowest BCUT2D eigenvalue weighted by molar-refractivity contribution is 0.125. The molecule has 3 aromatic rings. The van der Waals surface area contributed by atoms with Gasteiger partial charge in [-0.05, 0) is 53.4 Å². The molecule has 0 heterocycles. The molecule has 26 heavy (non-hydrogen) atoms. The maximum atomic E-state index is 13.4. The predicted molar refractivity (Wildman–Crippen MR) is 96.4 cm³/mol. The quantitative estimate of drug-likeness (QED) is 0.656. The van der Waals surface area contributed by atoms with Crippen molar-refractivity contribution in [1.82, 2.24) is 0 Å². The van der Waals surface area contributed by atoms with Gasteiger partial charge in [-0.25, -0.2) is 8.78 Å². The summed E-state index contributed by atoms with van der Waals surface area (Å²) in [6.07, 6.45) is 0. The molecule has 0 aliphatic carbocycles. The third-order valence-corrected chi connectivity index (χ3v) is 4.31. The van der Waals surface area contributed by atoms with E-state index < -0.39 is 17.2 Å². The van der Waals surface area contributed by atoms with Gasteiger partial charge in [0, 0.05) is 6.61 Å². The fourth-order valence-electron chi connectivity index (χ4n) is 2.91. The Labute approximate surface area is 151 Å². The summed E-state index contributed by atoms with van der Waals surface area (Å²) < 4.78 is 32.0. The molecule has 1 radical (unpaired) electrons. The smallest absolute Gasteiger partial charge is 0.140 e. The van der Waals surface area contributed by atoms with Crippen molar-refractivity contribution in [3.05, 3.63) is 114 Å². The Hall–Kier alpha value is -2.56. The van der Waals surface area contributed by atoms with Gasteiger partial charge in [0.1, 0.15) is 17.2 Å². The van der Waals surface area contributed by atoms with Gasteiger partial charge in [-0.2, -0.15) is 0 Å². The SMILES string of the molecule is [CH2]COCc1ccc(C(O)(c2ccc(F)cc2)c2ccc(F)cc2)cc1. The average Bonchev–Trinajstić information content (AvgIpc) is 2.67. The maximum Gasteiger partial charge on any atom is 0.140 e. The van der Waals surface area contributed by atoms with Gasteiger partial charge in [-0.3, -0.25) is 0 Å². The third kappa shape index (κ3) is 3.66. The summed E-state index contributed by atoms with van der Waals surface area (Å²) >= 11 is 0. The highest BCUT2D eigenvalue weighted by Gasteiger charge is 2.33. The van der Waals surface area contributed by atoms with Crippen LogP contribution in [0.15, 0.2) is 72.8 Å². The van der Waals surface area contributed by atoms with Gasteiger partial charge < -0.3 is 9.84 Å². The number of aliphatic hydroxyl groups is 1. The van der Waals surface area contributed by atoms with E-state index in [0.29, 0.717) is 29.9 Å². The summed E-state index contributed by atoms with van der Waals surface area (Å²) in [4.78, 5) is 0. The van der Waals surface area contributed by atoms with Crippen LogP contribution in [0.2, 0.25) is 0 Å². The summed E-state index contributed by atoms with van der Waals surface area (Å²) in [5, 5.41) is 11.6. The van der Waals surface area contributed by atoms with Gasteiger partial charge >= 0.3 is 0 Å². The highest BCUT2D eigenvalue weighted by molar-refractivity contribution is 5.47. The number of halogens is 2. The first-order valence-corrected chi connectivity index (χ1v) is 8.25. The van der Waals surface area contributed by atoms with E-state index in [-0.39, 0.29) is 0 Å². The predicted octanol–water partition coefficient (Wildman–Crippen LogP) is 4.60. The molecule has 3 rings (SSSR count). The highest BCUT2D eigenvalue weighted by atomic mass is 19.1. The number of hydrogen-bond acceptors (Lipinski definition) is 2. The largest absolute Gasteiger partial charge is 0.377 e. The Bertz CT molecular complexity index is 795. The second-order valence-corrected chi connectivity index (χ2v) is 5.97. The van der Waals surface area contributed by atoms with Gasteiger partial charge in [-0.15, -0.1) is 0 Å². The van der Waals surface area contributed by atoms with E-state index in [9.17, 15) is 13.9 Å². The van der Waals surface area contributed by atoms with Gasteiger partial charge in [-0.1, -0.05) is 48.5 Å². The first kappa shape index (κ1) is 18.2. The van der Waals surface area contributed by atoms with Crippen LogP contribution in [0.5, 0.6) is 0 Å². The molecule has 0 amide bonds. The topological polar surface area (TPSA) is 29.5 Å². The van der Waals surface area contributed by atoms with Crippen molar-refractivity contribution in [1.29, 1.82) is 0 Å². The molecule has 1 N–H and O–H groups in total. The third-order valence-electron chi connectivity index (χ3n) is 4.31. The van der Waals surface area contributed by atoms with E-state index in [4.69, 9.17) is 4.74 Å². The number of benzene rings is 3. The zero-order valence-electron chi connectivity index (χ0n) is 14.2. The van der Waals surface area contributed by atoms with Crippen molar-refractivity contribution in [2.24, 2.45) is 0 Å². The second-order valence-electron chi connectivity index (χ2n) is 5.97. The normalized spacial score (nSPS) is 11.5. The Morgan fingerprint density at radius 1 is 0.731 bits per heavy atom. The Kier molecular flexibility index (Phi) is 5.45. The summed E-state index contributed by atoms with van der Waals surface area (Å²) in [6.45, 7) is 4.43. The maximum absolute atomic E-state index is 13.4. The monoisotopic (exact) mass is 353 g/mol. The lowest BCUT2D eigenvalue weighted by atomic mass is 9.80. The lowest BCUT2D eigenvalue weighted by Crippen LogP contribution is -2.29. The molecule has 0 fully saturated rings. The van der Waals surface area contributed by atoms with Crippen molar-refractivity contribution in [3.8, 4) is 0 Å². The fraction of sp³-hybridized carbons (Fsp3) is 0.136. The van der Waals surface area contributed by atoms with E-state index in [1.54, 1.807) is 12.1 Å². The molecule has 0 aromatic heterocycles. The molecular weight excluding hydrogens is 334 g/mol. The zero-order chi connectivity index (χ0) is 18.6. The molecule has 0 bridgehead atoms. The van der Waals surface area contributed by atoms with Gasteiger partial charge in [0.15, 0.2) is 0 Å². The van der Waals surface area contributed by atoms with Crippen LogP contribution in [0.3, 0.4) is 0 Å². The molecule has 133 valence electrons. The molecular formula is C22H19F2O2. The molecule has 0 saturated carbocycles. The minimum absolute atomic E-state index is 0.372. The first-order chi connectivity index (χ1) is 12.5. The highest BCUT2D eigenvalue weighted by Crippen LogP contribution is 2.37. The van der Waals surface area contributed by atoms with Gasteiger partial charge in [0.25, 0.3) is 0 Å². The summed E-state index contributed by atoms with van der Waals surface area (Å²) in [6, 6.07) is 18.5. The standard InChI is InChI=1S/C22H19F2O2/c1-2-26-15-16-3-5-17(6-4-16)22(25,18-7-11-20(23)12-8-18)19-9-13-21(24)14-10-19/h3-14,25H,1-2,15H2. The zero-order valence-corrected chi connectivity index (χ0v) is 14.2. The van der Waals surface area contributed by atoms with Crippen LogP contribution in [-0.2, 0) is 16.9 Å². The van der Waals surface area contributed by atoms with Crippen LogP contribution >= 0.6 is 0 Å². The second kappa shape index (κ2) is 7.77. The van der Waals surface area contributed by atoms with E-state index in [0.717, 1.165) is 5.56 Å². The Balaban J connectivity index is 2.08. The molecule has 0 aliphatic heterocycles. The summed E-state index contributed by atoms with van der Waals surface area (Å²) in [5.74, 6) is -0.785. The van der Waals surface area contributed by atoms with E-state index in [1.165, 1.54) is 48.5 Å². The van der Waals surface area contributed by atoms with Crippen molar-refractivity contribution in [2.75, 3.05) is 6.61 Å². The van der Waals surface area contributed by atoms with Crippen LogP contribution < -0.4 is 0 Å². The minimum Gasteiger partial charge on any atom is -0.377 e. The van der Waals surface area contributed by atoms with Crippen molar-refractivity contribution >= 4 is 0 Å². The number of rotatable bonds is 6. The van der Waals surface area contributed by atoms with E-state index in [2.05, 4.69) is 6.92 Å². The minimum atomic E-state index is -1.53. The summed E-state index contributed by atoms with van der Waals surface area (Å²) in [5.41, 5.74) is 0.985. The number of ether oxygens (including phenoxy) is 1. The average molecular weight is 353 g/mol. The molecule has 0 spiro atoms. The van der Waals surface area contributed by atoms with Crippen LogP contribution in [0.25, 0.3) is 0 Å². The fourth-order valence-corrected chi connectivity index (χ4v) is 2.91. The summed E-state index contributed by atoms with van der Waals surface area (Å²) in [7, 11) is 0. The van der Waals surface area contributed by atoms with Crippen LogP contribution in [0.4, 0.5) is 8.78 Å². The lowest BCUT2D eigenvalue weighted by Gasteiger charge is -2.30. The van der Waals surface area contributed by atoms with Crippen molar-refractivity contribution in [2.45, 2.75) is 12.2 Å². The molecule has 0 saturated heterocycles. The Morgan fingerprint density at radius 3 is 1.50 bits per heavy atom. The molecule has 0 atom stereocenters. The molecule has 0 aliphatic rings. The molecule has 4 heteroatoms. The van der Waals surface area contributed by atoms with Gasteiger partial charge in [0.05, 0.1) is 6.61 Å². The van der Waals surface area contributed by atoms with E-state index in [1.807, 2.05) is 12.1 Å². The molecule has 0 unspecified atom stereocenters. The van der Waals surface area contributed by atoms with Crippen molar-refractivity contribution < 1.29 is 18.6 Å². The van der Waals surface area contributed by atoms with Crippen LogP contribution in [0, 0.1) is 18.6 Å². The number of hydrogen-bond donors (Lipinski definition) is 1. The van der Waals surface area contributed by atoms with Crippen molar-refractivity contribution in [3.63, 3.8) is 0 Å². The van der Waals surface area contributed by atoms with Crippen LogP contribution in [-0.4, -0.2) is 11.7 Å². The molecule has 3 aromatic carbocycles. The first-order valence-electron chi connectivity index (χ1n) is 8.25. The Morgan fingerprint density at radius 2 is 1.12 bits per heavy atom.